The Morgan fingerprint density at radius 3 is 2.89 bits per heavy atom. The molecule has 0 aromatic carbocycles. The summed E-state index contributed by atoms with van der Waals surface area (Å²) >= 11 is 0. The first kappa shape index (κ1) is 11.8. The van der Waals surface area contributed by atoms with Gasteiger partial charge in [-0.2, -0.15) is 0 Å². The Morgan fingerprint density at radius 1 is 1.32 bits per heavy atom. The smallest absolute Gasteiger partial charge is 0.338 e. The van der Waals surface area contributed by atoms with Gasteiger partial charge in [0.25, 0.3) is 0 Å². The van der Waals surface area contributed by atoms with Crippen molar-refractivity contribution in [3.05, 3.63) is 41.4 Å². The molecule has 0 saturated heterocycles. The largest absolute Gasteiger partial charge is 0.478 e. The summed E-state index contributed by atoms with van der Waals surface area (Å²) in [6.45, 7) is 0. The highest BCUT2D eigenvalue weighted by Gasteiger charge is 2.21. The van der Waals surface area contributed by atoms with Gasteiger partial charge >= 0.3 is 5.97 Å². The molecule has 0 spiro atoms. The van der Waals surface area contributed by atoms with Gasteiger partial charge in [-0.3, -0.25) is 4.57 Å². The van der Waals surface area contributed by atoms with E-state index in [1.54, 1.807) is 4.57 Å². The maximum Gasteiger partial charge on any atom is 0.338 e. The van der Waals surface area contributed by atoms with E-state index >= 15 is 0 Å². The normalized spacial score (nSPS) is 14.2. The molecular weight excluding hydrogens is 249 g/mol. The van der Waals surface area contributed by atoms with E-state index in [1.807, 2.05) is 0 Å². The van der Waals surface area contributed by atoms with Gasteiger partial charge in [-0.05, 0) is 31.7 Å². The molecule has 19 heavy (non-hydrogen) atoms. The summed E-state index contributed by atoms with van der Waals surface area (Å²) in [5.74, 6) is -2.11. The number of carboxylic acids is 1. The number of carbonyl (C=O) groups is 1. The number of carboxylic acid groups (broad SMARTS) is 1. The Labute approximate surface area is 108 Å². The van der Waals surface area contributed by atoms with Crippen molar-refractivity contribution in [1.82, 2.24) is 14.5 Å². The van der Waals surface area contributed by atoms with Crippen LogP contribution in [0.5, 0.6) is 0 Å². The van der Waals surface area contributed by atoms with Crippen molar-refractivity contribution in [1.29, 1.82) is 0 Å². The summed E-state index contributed by atoms with van der Waals surface area (Å²) in [6, 6.07) is 1.16. The number of fused-ring (bicyclic) bond motifs is 1. The van der Waals surface area contributed by atoms with E-state index in [2.05, 4.69) is 9.97 Å². The average molecular weight is 261 g/mol. The molecule has 0 unspecified atom stereocenters. The van der Waals surface area contributed by atoms with Crippen LogP contribution in [-0.2, 0) is 12.8 Å². The molecule has 2 aromatic heterocycles. The van der Waals surface area contributed by atoms with Crippen molar-refractivity contribution in [2.75, 3.05) is 0 Å². The minimum Gasteiger partial charge on any atom is -0.478 e. The third kappa shape index (κ3) is 1.89. The number of hydrogen-bond acceptors (Lipinski definition) is 3. The van der Waals surface area contributed by atoms with Gasteiger partial charge in [0.2, 0.25) is 0 Å². The lowest BCUT2D eigenvalue weighted by Crippen LogP contribution is -2.11. The molecule has 6 heteroatoms. The molecule has 1 aliphatic rings. The van der Waals surface area contributed by atoms with Crippen LogP contribution in [-0.4, -0.2) is 25.6 Å². The molecule has 0 atom stereocenters. The first-order valence-corrected chi connectivity index (χ1v) is 6.11. The van der Waals surface area contributed by atoms with E-state index in [9.17, 15) is 9.18 Å². The number of pyridine rings is 1. The van der Waals surface area contributed by atoms with E-state index in [0.29, 0.717) is 0 Å². The maximum atomic E-state index is 14.2. The van der Waals surface area contributed by atoms with E-state index in [0.717, 1.165) is 43.1 Å². The molecule has 0 aliphatic heterocycles. The van der Waals surface area contributed by atoms with E-state index < -0.39 is 11.8 Å². The van der Waals surface area contributed by atoms with Crippen molar-refractivity contribution < 1.29 is 14.3 Å². The lowest BCUT2D eigenvalue weighted by molar-refractivity contribution is 0.0691. The number of imidazole rings is 1. The molecule has 5 nitrogen and oxygen atoms in total. The third-order valence-corrected chi connectivity index (χ3v) is 3.36. The van der Waals surface area contributed by atoms with Gasteiger partial charge in [0, 0.05) is 11.9 Å². The Morgan fingerprint density at radius 2 is 2.11 bits per heavy atom. The molecule has 3 rings (SSSR count). The molecule has 0 radical (unpaired) electrons. The summed E-state index contributed by atoms with van der Waals surface area (Å²) < 4.78 is 15.7. The number of rotatable bonds is 2. The number of aromatic carboxylic acids is 1. The molecule has 2 aromatic rings. The first-order chi connectivity index (χ1) is 9.18. The van der Waals surface area contributed by atoms with Crippen LogP contribution in [0.15, 0.2) is 18.6 Å². The fourth-order valence-corrected chi connectivity index (χ4v) is 2.42. The van der Waals surface area contributed by atoms with Crippen LogP contribution in [0.3, 0.4) is 0 Å². The molecule has 98 valence electrons. The zero-order valence-electron chi connectivity index (χ0n) is 10.1. The second-order valence-corrected chi connectivity index (χ2v) is 4.52. The molecule has 2 heterocycles. The molecule has 0 amide bonds. The fraction of sp³-hybridized carbons (Fsp3) is 0.308. The Balaban J connectivity index is 2.15. The lowest BCUT2D eigenvalue weighted by atomic mass is 10.0. The zero-order valence-corrected chi connectivity index (χ0v) is 10.1. The molecule has 1 aliphatic carbocycles. The standard InChI is InChI=1S/C13H12FN3O2/c14-11-8(13(18)19)5-6-15-12(11)17-7-16-9-3-1-2-4-10(9)17/h5-7H,1-4H2,(H,18,19). The number of hydrogen-bond donors (Lipinski definition) is 1. The Hall–Kier alpha value is -2.24. The topological polar surface area (TPSA) is 68.0 Å². The van der Waals surface area contributed by atoms with Crippen molar-refractivity contribution in [3.63, 3.8) is 0 Å². The van der Waals surface area contributed by atoms with E-state index in [4.69, 9.17) is 5.11 Å². The van der Waals surface area contributed by atoms with Crippen LogP contribution in [0.4, 0.5) is 4.39 Å². The SMILES string of the molecule is O=C(O)c1ccnc(-n2cnc3c2CCCC3)c1F. The van der Waals surface area contributed by atoms with Gasteiger partial charge in [-0.15, -0.1) is 0 Å². The highest BCUT2D eigenvalue weighted by Crippen LogP contribution is 2.24. The van der Waals surface area contributed by atoms with Crippen LogP contribution in [0.25, 0.3) is 5.82 Å². The van der Waals surface area contributed by atoms with Crippen LogP contribution < -0.4 is 0 Å². The number of nitrogens with zero attached hydrogens (tertiary/aromatic N) is 3. The number of halogens is 1. The predicted molar refractivity (Wildman–Crippen MR) is 64.9 cm³/mol. The maximum absolute atomic E-state index is 14.2. The number of aromatic nitrogens is 3. The van der Waals surface area contributed by atoms with Crippen molar-refractivity contribution >= 4 is 5.97 Å². The van der Waals surface area contributed by atoms with Gasteiger partial charge in [0.05, 0.1) is 5.69 Å². The van der Waals surface area contributed by atoms with Gasteiger partial charge in [0.15, 0.2) is 11.6 Å². The zero-order chi connectivity index (χ0) is 13.4. The fourth-order valence-electron chi connectivity index (χ4n) is 2.42. The molecule has 1 N–H and O–H groups in total. The summed E-state index contributed by atoms with van der Waals surface area (Å²) in [4.78, 5) is 19.2. The molecule has 0 saturated carbocycles. The quantitative estimate of drug-likeness (QED) is 0.897. The van der Waals surface area contributed by atoms with E-state index in [1.165, 1.54) is 12.5 Å². The van der Waals surface area contributed by atoms with Gasteiger partial charge < -0.3 is 5.11 Å². The number of aryl methyl sites for hydroxylation is 1. The first-order valence-electron chi connectivity index (χ1n) is 6.11. The van der Waals surface area contributed by atoms with Crippen LogP contribution in [0, 0.1) is 5.82 Å². The highest BCUT2D eigenvalue weighted by molar-refractivity contribution is 5.88. The average Bonchev–Trinajstić information content (AvgIpc) is 2.82. The lowest BCUT2D eigenvalue weighted by Gasteiger charge is -2.14. The van der Waals surface area contributed by atoms with Crippen molar-refractivity contribution in [2.45, 2.75) is 25.7 Å². The second kappa shape index (κ2) is 4.46. The minimum atomic E-state index is -1.30. The molecular formula is C13H12FN3O2. The summed E-state index contributed by atoms with van der Waals surface area (Å²) in [5.41, 5.74) is 1.51. The summed E-state index contributed by atoms with van der Waals surface area (Å²) in [6.07, 6.45) is 6.62. The summed E-state index contributed by atoms with van der Waals surface area (Å²) in [7, 11) is 0. The highest BCUT2D eigenvalue weighted by atomic mass is 19.1. The third-order valence-electron chi connectivity index (χ3n) is 3.36. The van der Waals surface area contributed by atoms with Gasteiger partial charge in [-0.25, -0.2) is 19.2 Å². The van der Waals surface area contributed by atoms with Gasteiger partial charge in [-0.1, -0.05) is 0 Å². The Kier molecular flexibility index (Phi) is 2.77. The van der Waals surface area contributed by atoms with Crippen LogP contribution in [0.2, 0.25) is 0 Å². The van der Waals surface area contributed by atoms with Crippen molar-refractivity contribution in [2.24, 2.45) is 0 Å². The monoisotopic (exact) mass is 261 g/mol. The van der Waals surface area contributed by atoms with Gasteiger partial charge in [0.1, 0.15) is 11.9 Å². The van der Waals surface area contributed by atoms with Crippen molar-refractivity contribution in [3.8, 4) is 5.82 Å². The molecule has 0 bridgehead atoms. The predicted octanol–water partition coefficient (Wildman–Crippen LogP) is 1.98. The Bertz CT molecular complexity index is 651. The van der Waals surface area contributed by atoms with E-state index in [-0.39, 0.29) is 11.4 Å². The molecule has 0 fully saturated rings. The summed E-state index contributed by atoms with van der Waals surface area (Å²) in [5, 5.41) is 8.93. The second-order valence-electron chi connectivity index (χ2n) is 4.52. The van der Waals surface area contributed by atoms with Crippen LogP contribution in [0.1, 0.15) is 34.6 Å². The minimum absolute atomic E-state index is 0.00977. The van der Waals surface area contributed by atoms with Crippen LogP contribution >= 0.6 is 0 Å².